The van der Waals surface area contributed by atoms with Crippen LogP contribution in [0.1, 0.15) is 43.9 Å². The summed E-state index contributed by atoms with van der Waals surface area (Å²) in [5, 5.41) is 17.5. The van der Waals surface area contributed by atoms with Crippen LogP contribution < -0.4 is 0 Å². The van der Waals surface area contributed by atoms with Crippen molar-refractivity contribution in [2.75, 3.05) is 6.54 Å². The molecule has 1 aliphatic rings. The number of rotatable bonds is 3. The summed E-state index contributed by atoms with van der Waals surface area (Å²) in [5.41, 5.74) is 4.13. The molecule has 1 amide bonds. The standard InChI is InChI=1S/C19H25N3O3/c1-11-5-12-6-13(7-16(23)24)18(25)22(10-19(2,3)4)9-15(12)14-8-20-21-17(11)14/h5,8,13H,6-7,9-10H2,1-4H3,(H,20,21)(H,23,24)/t13-/m0/s1. The van der Waals surface area contributed by atoms with Crippen LogP contribution in [0.4, 0.5) is 0 Å². The highest BCUT2D eigenvalue weighted by molar-refractivity contribution is 5.89. The molecule has 0 bridgehead atoms. The van der Waals surface area contributed by atoms with Gasteiger partial charge in [-0.15, -0.1) is 0 Å². The molecule has 0 aliphatic carbocycles. The molecule has 3 rings (SSSR count). The first-order valence-electron chi connectivity index (χ1n) is 8.61. The van der Waals surface area contributed by atoms with E-state index in [-0.39, 0.29) is 17.7 Å². The van der Waals surface area contributed by atoms with Gasteiger partial charge in [0.15, 0.2) is 0 Å². The number of carbonyl (C=O) groups excluding carboxylic acids is 1. The SMILES string of the molecule is Cc1cc2c(c3cn[nH]c13)CN(CC(C)(C)C)C(=O)[C@H](CC(=O)O)C2. The Kier molecular flexibility index (Phi) is 4.31. The number of fused-ring (bicyclic) bond motifs is 3. The lowest BCUT2D eigenvalue weighted by molar-refractivity contribution is -0.145. The van der Waals surface area contributed by atoms with Crippen LogP contribution >= 0.6 is 0 Å². The number of hydrogen-bond donors (Lipinski definition) is 2. The minimum Gasteiger partial charge on any atom is -0.481 e. The summed E-state index contributed by atoms with van der Waals surface area (Å²) in [6.45, 7) is 9.35. The monoisotopic (exact) mass is 343 g/mol. The Morgan fingerprint density at radius 3 is 2.80 bits per heavy atom. The number of H-pyrrole nitrogens is 1. The molecule has 1 atom stereocenters. The van der Waals surface area contributed by atoms with Crippen molar-refractivity contribution in [2.24, 2.45) is 11.3 Å². The Hall–Kier alpha value is -2.37. The van der Waals surface area contributed by atoms with E-state index in [0.717, 1.165) is 27.6 Å². The summed E-state index contributed by atoms with van der Waals surface area (Å²) < 4.78 is 0. The molecular formula is C19H25N3O3. The second-order valence-corrected chi connectivity index (χ2v) is 8.24. The van der Waals surface area contributed by atoms with Crippen LogP contribution in [-0.2, 0) is 22.6 Å². The number of benzene rings is 1. The van der Waals surface area contributed by atoms with Gasteiger partial charge >= 0.3 is 5.97 Å². The van der Waals surface area contributed by atoms with Crippen LogP contribution in [0.3, 0.4) is 0 Å². The first kappa shape index (κ1) is 17.5. The van der Waals surface area contributed by atoms with E-state index in [1.54, 1.807) is 6.20 Å². The van der Waals surface area contributed by atoms with Gasteiger partial charge in [-0.3, -0.25) is 14.7 Å². The Balaban J connectivity index is 2.11. The first-order chi connectivity index (χ1) is 11.7. The van der Waals surface area contributed by atoms with Crippen molar-refractivity contribution in [1.29, 1.82) is 0 Å². The van der Waals surface area contributed by atoms with Gasteiger partial charge < -0.3 is 10.0 Å². The summed E-state index contributed by atoms with van der Waals surface area (Å²) in [6, 6.07) is 2.07. The molecule has 1 aromatic carbocycles. The fourth-order valence-electron chi connectivity index (χ4n) is 3.73. The summed E-state index contributed by atoms with van der Waals surface area (Å²) in [6.07, 6.45) is 2.13. The van der Waals surface area contributed by atoms with E-state index in [1.807, 2.05) is 11.8 Å². The average molecular weight is 343 g/mol. The minimum atomic E-state index is -0.932. The van der Waals surface area contributed by atoms with Crippen molar-refractivity contribution < 1.29 is 14.7 Å². The van der Waals surface area contributed by atoms with Gasteiger partial charge in [0, 0.05) is 18.5 Å². The van der Waals surface area contributed by atoms with Crippen LogP contribution in [0, 0.1) is 18.3 Å². The van der Waals surface area contributed by atoms with Crippen molar-refractivity contribution in [1.82, 2.24) is 15.1 Å². The highest BCUT2D eigenvalue weighted by Gasteiger charge is 2.34. The molecule has 6 nitrogen and oxygen atoms in total. The van der Waals surface area contributed by atoms with Crippen molar-refractivity contribution in [3.05, 3.63) is 29.0 Å². The Morgan fingerprint density at radius 1 is 1.44 bits per heavy atom. The third-order valence-electron chi connectivity index (χ3n) is 4.70. The third-order valence-corrected chi connectivity index (χ3v) is 4.70. The van der Waals surface area contributed by atoms with E-state index in [1.165, 1.54) is 0 Å². The molecule has 2 aromatic rings. The second kappa shape index (κ2) is 6.17. The molecule has 2 N–H and O–H groups in total. The molecule has 25 heavy (non-hydrogen) atoms. The molecule has 0 unspecified atom stereocenters. The molecule has 0 spiro atoms. The number of carboxylic acids is 1. The van der Waals surface area contributed by atoms with Crippen LogP contribution in [0.25, 0.3) is 10.9 Å². The normalized spacial score (nSPS) is 18.3. The van der Waals surface area contributed by atoms with Crippen molar-refractivity contribution in [2.45, 2.75) is 47.1 Å². The fraction of sp³-hybridized carbons (Fsp3) is 0.526. The third kappa shape index (κ3) is 3.52. The molecule has 1 aliphatic heterocycles. The number of hydrogen-bond acceptors (Lipinski definition) is 3. The Labute approximate surface area is 147 Å². The molecule has 0 saturated heterocycles. The number of aromatic nitrogens is 2. The predicted molar refractivity (Wildman–Crippen MR) is 95.1 cm³/mol. The van der Waals surface area contributed by atoms with Gasteiger partial charge in [-0.25, -0.2) is 0 Å². The number of carbonyl (C=O) groups is 2. The maximum Gasteiger partial charge on any atom is 0.304 e. The second-order valence-electron chi connectivity index (χ2n) is 8.24. The fourth-order valence-corrected chi connectivity index (χ4v) is 3.73. The van der Waals surface area contributed by atoms with Gasteiger partial charge in [0.1, 0.15) is 0 Å². The largest absolute Gasteiger partial charge is 0.481 e. The minimum absolute atomic E-state index is 0.0614. The van der Waals surface area contributed by atoms with Gasteiger partial charge in [-0.05, 0) is 35.4 Å². The summed E-state index contributed by atoms with van der Waals surface area (Å²) in [7, 11) is 0. The zero-order valence-electron chi connectivity index (χ0n) is 15.2. The van der Waals surface area contributed by atoms with Crippen molar-refractivity contribution >= 4 is 22.8 Å². The Morgan fingerprint density at radius 2 is 2.16 bits per heavy atom. The molecule has 6 heteroatoms. The highest BCUT2D eigenvalue weighted by Crippen LogP contribution is 2.33. The van der Waals surface area contributed by atoms with E-state index < -0.39 is 11.9 Å². The van der Waals surface area contributed by atoms with Crippen molar-refractivity contribution in [3.63, 3.8) is 0 Å². The smallest absolute Gasteiger partial charge is 0.304 e. The number of aryl methyl sites for hydroxylation is 1. The number of carboxylic acid groups (broad SMARTS) is 1. The highest BCUT2D eigenvalue weighted by atomic mass is 16.4. The summed E-state index contributed by atoms with van der Waals surface area (Å²) >= 11 is 0. The molecule has 134 valence electrons. The van der Waals surface area contributed by atoms with E-state index >= 15 is 0 Å². The van der Waals surface area contributed by atoms with E-state index in [9.17, 15) is 14.7 Å². The van der Waals surface area contributed by atoms with Crippen LogP contribution in [0.2, 0.25) is 0 Å². The number of nitrogens with zero attached hydrogens (tertiary/aromatic N) is 2. The van der Waals surface area contributed by atoms with Gasteiger partial charge in [-0.1, -0.05) is 26.8 Å². The molecule has 2 heterocycles. The summed E-state index contributed by atoms with van der Waals surface area (Å²) in [5.74, 6) is -1.52. The average Bonchev–Trinajstić information content (AvgIpc) is 2.93. The van der Waals surface area contributed by atoms with Gasteiger partial charge in [-0.2, -0.15) is 5.10 Å². The predicted octanol–water partition coefficient (Wildman–Crippen LogP) is 2.89. The molecule has 0 fully saturated rings. The molecule has 0 saturated carbocycles. The molecular weight excluding hydrogens is 318 g/mol. The number of amides is 1. The van der Waals surface area contributed by atoms with Crippen LogP contribution in [0.5, 0.6) is 0 Å². The molecule has 0 radical (unpaired) electrons. The lowest BCUT2D eigenvalue weighted by Gasteiger charge is -2.31. The van der Waals surface area contributed by atoms with Crippen LogP contribution in [0.15, 0.2) is 12.3 Å². The summed E-state index contributed by atoms with van der Waals surface area (Å²) in [4.78, 5) is 26.1. The number of aromatic amines is 1. The maximum absolute atomic E-state index is 13.0. The zero-order chi connectivity index (χ0) is 18.4. The topological polar surface area (TPSA) is 86.3 Å². The van der Waals surface area contributed by atoms with Crippen LogP contribution in [-0.4, -0.2) is 38.6 Å². The van der Waals surface area contributed by atoms with Crippen molar-refractivity contribution in [3.8, 4) is 0 Å². The lowest BCUT2D eigenvalue weighted by Crippen LogP contribution is -2.40. The number of aliphatic carboxylic acids is 1. The zero-order valence-corrected chi connectivity index (χ0v) is 15.2. The van der Waals surface area contributed by atoms with E-state index in [0.29, 0.717) is 19.5 Å². The first-order valence-corrected chi connectivity index (χ1v) is 8.61. The van der Waals surface area contributed by atoms with Gasteiger partial charge in [0.25, 0.3) is 0 Å². The van der Waals surface area contributed by atoms with Gasteiger partial charge in [0.2, 0.25) is 5.91 Å². The van der Waals surface area contributed by atoms with E-state index in [4.69, 9.17) is 0 Å². The Bertz CT molecular complexity index is 832. The number of nitrogens with one attached hydrogen (secondary N) is 1. The quantitative estimate of drug-likeness (QED) is 0.897. The molecule has 1 aromatic heterocycles. The maximum atomic E-state index is 13.0. The van der Waals surface area contributed by atoms with Gasteiger partial charge in [0.05, 0.1) is 24.1 Å². The van der Waals surface area contributed by atoms with E-state index in [2.05, 4.69) is 37.0 Å². The lowest BCUT2D eigenvalue weighted by atomic mass is 9.91.